The largest absolute Gasteiger partial charge is 0.374 e. The minimum atomic E-state index is 0.386. The van der Waals surface area contributed by atoms with Crippen LogP contribution in [0.4, 0.5) is 5.69 Å². The third-order valence-corrected chi connectivity index (χ3v) is 6.44. The third kappa shape index (κ3) is 2.63. The highest BCUT2D eigenvalue weighted by atomic mass is 15.1. The van der Waals surface area contributed by atoms with Crippen LogP contribution in [-0.4, -0.2) is 13.6 Å². The summed E-state index contributed by atoms with van der Waals surface area (Å²) in [5, 5.41) is 9.25. The fourth-order valence-electron chi connectivity index (χ4n) is 4.96. The summed E-state index contributed by atoms with van der Waals surface area (Å²) in [6.07, 6.45) is 7.13. The summed E-state index contributed by atoms with van der Waals surface area (Å²) in [6.45, 7) is 3.28. The molecule has 1 aliphatic carbocycles. The van der Waals surface area contributed by atoms with Crippen LogP contribution in [0.5, 0.6) is 0 Å². The van der Waals surface area contributed by atoms with Gasteiger partial charge in [0.2, 0.25) is 0 Å². The Bertz CT molecular complexity index is 838. The zero-order chi connectivity index (χ0) is 17.4. The highest BCUT2D eigenvalue weighted by Gasteiger charge is 2.40. The van der Waals surface area contributed by atoms with Crippen LogP contribution in [0.15, 0.2) is 36.4 Å². The van der Waals surface area contributed by atoms with Crippen LogP contribution in [0, 0.1) is 18.3 Å². The summed E-state index contributed by atoms with van der Waals surface area (Å²) in [5.74, 6) is 0. The average Bonchev–Trinajstić information content (AvgIpc) is 3.10. The van der Waals surface area contributed by atoms with Crippen LogP contribution in [0.3, 0.4) is 0 Å². The molecule has 128 valence electrons. The van der Waals surface area contributed by atoms with Gasteiger partial charge in [-0.1, -0.05) is 37.1 Å². The van der Waals surface area contributed by atoms with Crippen molar-refractivity contribution in [3.05, 3.63) is 53.1 Å². The van der Waals surface area contributed by atoms with Gasteiger partial charge in [-0.3, -0.25) is 0 Å². The molecule has 2 aromatic rings. The number of benzene rings is 2. The first-order valence-corrected chi connectivity index (χ1v) is 9.46. The van der Waals surface area contributed by atoms with Gasteiger partial charge >= 0.3 is 0 Å². The molecule has 2 aromatic carbocycles. The minimum Gasteiger partial charge on any atom is -0.374 e. The van der Waals surface area contributed by atoms with Gasteiger partial charge in [0, 0.05) is 19.3 Å². The molecule has 1 saturated carbocycles. The van der Waals surface area contributed by atoms with Crippen molar-refractivity contribution < 1.29 is 0 Å². The molecule has 0 N–H and O–H groups in total. The van der Waals surface area contributed by atoms with E-state index in [0.717, 1.165) is 6.54 Å². The Labute approximate surface area is 151 Å². The first-order valence-electron chi connectivity index (χ1n) is 9.46. The predicted molar refractivity (Wildman–Crippen MR) is 104 cm³/mol. The van der Waals surface area contributed by atoms with Crippen molar-refractivity contribution in [2.45, 2.75) is 50.9 Å². The van der Waals surface area contributed by atoms with Crippen LogP contribution in [-0.2, 0) is 11.8 Å². The second-order valence-corrected chi connectivity index (χ2v) is 7.83. The van der Waals surface area contributed by atoms with Crippen LogP contribution < -0.4 is 4.90 Å². The minimum absolute atomic E-state index is 0.386. The van der Waals surface area contributed by atoms with E-state index in [1.54, 1.807) is 5.56 Å². The summed E-state index contributed by atoms with van der Waals surface area (Å²) >= 11 is 0. The molecule has 0 aromatic heterocycles. The molecule has 2 nitrogen and oxygen atoms in total. The van der Waals surface area contributed by atoms with E-state index in [9.17, 15) is 5.26 Å². The summed E-state index contributed by atoms with van der Waals surface area (Å²) in [7, 11) is 2.22. The van der Waals surface area contributed by atoms with E-state index in [0.29, 0.717) is 11.8 Å². The Morgan fingerprint density at radius 1 is 1.12 bits per heavy atom. The molecule has 1 fully saturated rings. The van der Waals surface area contributed by atoms with E-state index in [-0.39, 0.29) is 0 Å². The monoisotopic (exact) mass is 330 g/mol. The van der Waals surface area contributed by atoms with Crippen LogP contribution in [0.25, 0.3) is 11.1 Å². The van der Waals surface area contributed by atoms with Gasteiger partial charge < -0.3 is 4.90 Å². The number of anilines is 1. The van der Waals surface area contributed by atoms with E-state index in [1.165, 1.54) is 60.0 Å². The molecule has 1 aliphatic heterocycles. The maximum absolute atomic E-state index is 9.25. The number of fused-ring (bicyclic) bond motifs is 2. The molecule has 1 spiro atoms. The highest BCUT2D eigenvalue weighted by molar-refractivity contribution is 5.74. The van der Waals surface area contributed by atoms with E-state index in [2.05, 4.69) is 61.3 Å². The average molecular weight is 330 g/mol. The van der Waals surface area contributed by atoms with Crippen molar-refractivity contribution in [2.75, 3.05) is 18.5 Å². The van der Waals surface area contributed by atoms with Gasteiger partial charge in [0.05, 0.1) is 12.5 Å². The lowest BCUT2D eigenvalue weighted by Gasteiger charge is -2.41. The zero-order valence-corrected chi connectivity index (χ0v) is 15.3. The lowest BCUT2D eigenvalue weighted by atomic mass is 9.72. The fourth-order valence-corrected chi connectivity index (χ4v) is 4.96. The van der Waals surface area contributed by atoms with Gasteiger partial charge in [-0.25, -0.2) is 0 Å². The van der Waals surface area contributed by atoms with Crippen LogP contribution in [0.2, 0.25) is 0 Å². The van der Waals surface area contributed by atoms with Crippen molar-refractivity contribution in [3.8, 4) is 17.2 Å². The quantitative estimate of drug-likeness (QED) is 0.739. The Balaban J connectivity index is 1.87. The van der Waals surface area contributed by atoms with Gasteiger partial charge in [-0.15, -0.1) is 0 Å². The maximum Gasteiger partial charge on any atom is 0.0670 e. The van der Waals surface area contributed by atoms with Gasteiger partial charge in [0.15, 0.2) is 0 Å². The first-order chi connectivity index (χ1) is 12.1. The van der Waals surface area contributed by atoms with Gasteiger partial charge in [0.1, 0.15) is 0 Å². The van der Waals surface area contributed by atoms with E-state index < -0.39 is 0 Å². The molecule has 2 heteroatoms. The molecule has 0 unspecified atom stereocenters. The highest BCUT2D eigenvalue weighted by Crippen LogP contribution is 2.50. The molecule has 0 bridgehead atoms. The molecule has 1 heterocycles. The first kappa shape index (κ1) is 16.2. The van der Waals surface area contributed by atoms with E-state index >= 15 is 0 Å². The maximum atomic E-state index is 9.25. The number of nitriles is 1. The molecule has 0 radical (unpaired) electrons. The molecule has 4 rings (SSSR count). The second-order valence-electron chi connectivity index (χ2n) is 7.83. The van der Waals surface area contributed by atoms with Crippen molar-refractivity contribution in [1.82, 2.24) is 0 Å². The van der Waals surface area contributed by atoms with Gasteiger partial charge in [0.25, 0.3) is 0 Å². The van der Waals surface area contributed by atoms with Gasteiger partial charge in [-0.05, 0) is 71.6 Å². The Hall–Kier alpha value is -2.27. The van der Waals surface area contributed by atoms with E-state index in [1.807, 2.05) is 0 Å². The molecule has 0 amide bonds. The molecule has 0 saturated heterocycles. The number of rotatable bonds is 2. The van der Waals surface area contributed by atoms with Crippen molar-refractivity contribution >= 4 is 5.69 Å². The molecule has 0 atom stereocenters. The fraction of sp³-hybridized carbons (Fsp3) is 0.435. The number of hydrogen-bond acceptors (Lipinski definition) is 2. The SMILES string of the molecule is Cc1cccc(-c2ccc3c(c2)C2(CCCC2)CCN3C)c1CC#N. The second kappa shape index (κ2) is 6.23. The molecular weight excluding hydrogens is 304 g/mol. The summed E-state index contributed by atoms with van der Waals surface area (Å²) in [5.41, 5.74) is 8.22. The molecule has 25 heavy (non-hydrogen) atoms. The van der Waals surface area contributed by atoms with Crippen molar-refractivity contribution in [3.63, 3.8) is 0 Å². The number of nitrogens with zero attached hydrogens (tertiary/aromatic N) is 2. The summed E-state index contributed by atoms with van der Waals surface area (Å²) < 4.78 is 0. The lowest BCUT2D eigenvalue weighted by Crippen LogP contribution is -2.36. The van der Waals surface area contributed by atoms with Crippen molar-refractivity contribution in [2.24, 2.45) is 0 Å². The molecular formula is C23H26N2. The topological polar surface area (TPSA) is 27.0 Å². The van der Waals surface area contributed by atoms with Crippen LogP contribution >= 0.6 is 0 Å². The Morgan fingerprint density at radius 3 is 2.68 bits per heavy atom. The lowest BCUT2D eigenvalue weighted by molar-refractivity contribution is 0.393. The standard InChI is InChI=1S/C23H26N2/c1-17-6-5-7-20(19(17)10-14-24)18-8-9-22-21(16-18)23(11-3-4-12-23)13-15-25(22)2/h5-9,16H,3-4,10-13,15H2,1-2H3. The third-order valence-electron chi connectivity index (χ3n) is 6.44. The predicted octanol–water partition coefficient (Wildman–Crippen LogP) is 5.38. The van der Waals surface area contributed by atoms with Crippen LogP contribution in [0.1, 0.15) is 48.8 Å². The Kier molecular flexibility index (Phi) is 4.04. The Morgan fingerprint density at radius 2 is 1.92 bits per heavy atom. The zero-order valence-electron chi connectivity index (χ0n) is 15.3. The number of aryl methyl sites for hydroxylation is 1. The smallest absolute Gasteiger partial charge is 0.0670 e. The summed E-state index contributed by atoms with van der Waals surface area (Å²) in [4.78, 5) is 2.41. The van der Waals surface area contributed by atoms with E-state index in [4.69, 9.17) is 0 Å². The van der Waals surface area contributed by atoms with Crippen molar-refractivity contribution in [1.29, 1.82) is 5.26 Å². The summed E-state index contributed by atoms with van der Waals surface area (Å²) in [6, 6.07) is 15.7. The molecule has 2 aliphatic rings. The van der Waals surface area contributed by atoms with Gasteiger partial charge in [-0.2, -0.15) is 5.26 Å². The normalized spacial score (nSPS) is 18.2. The number of hydrogen-bond donors (Lipinski definition) is 0.